The second-order valence-electron chi connectivity index (χ2n) is 5.35. The Kier molecular flexibility index (Phi) is 6.52. The Morgan fingerprint density at radius 3 is 2.59 bits per heavy atom. The molecule has 0 spiro atoms. The lowest BCUT2D eigenvalue weighted by Gasteiger charge is -2.31. The van der Waals surface area contributed by atoms with Crippen LogP contribution in [0, 0.1) is 11.8 Å². The quantitative estimate of drug-likeness (QED) is 0.693. The number of likely N-dealkylation sites (tertiary alicyclic amines) is 1. The molecule has 100 valence electrons. The maximum absolute atomic E-state index is 10.6. The van der Waals surface area contributed by atoms with E-state index in [0.29, 0.717) is 18.3 Å². The standard InChI is InChI=1S/C13H25NO3/c1-11(2)10-17-8-7-14-5-3-12(4-6-14)9-13(15)16/h11-12H,3-10H2,1-2H3,(H,15,16). The van der Waals surface area contributed by atoms with Crippen LogP contribution in [0.3, 0.4) is 0 Å². The number of hydrogen-bond donors (Lipinski definition) is 1. The highest BCUT2D eigenvalue weighted by Crippen LogP contribution is 2.19. The highest BCUT2D eigenvalue weighted by molar-refractivity contribution is 5.67. The van der Waals surface area contributed by atoms with Crippen LogP contribution in [0.1, 0.15) is 33.1 Å². The van der Waals surface area contributed by atoms with Crippen molar-refractivity contribution in [2.75, 3.05) is 32.8 Å². The molecule has 0 amide bonds. The van der Waals surface area contributed by atoms with Crippen molar-refractivity contribution in [1.82, 2.24) is 4.90 Å². The third-order valence-corrected chi connectivity index (χ3v) is 3.17. The van der Waals surface area contributed by atoms with Gasteiger partial charge in [0, 0.05) is 19.6 Å². The molecule has 1 N–H and O–H groups in total. The summed E-state index contributed by atoms with van der Waals surface area (Å²) in [5.41, 5.74) is 0. The average molecular weight is 243 g/mol. The van der Waals surface area contributed by atoms with Crippen molar-refractivity contribution in [3.05, 3.63) is 0 Å². The number of carboxylic acid groups (broad SMARTS) is 1. The largest absolute Gasteiger partial charge is 0.481 e. The smallest absolute Gasteiger partial charge is 0.303 e. The van der Waals surface area contributed by atoms with Crippen molar-refractivity contribution in [1.29, 1.82) is 0 Å². The van der Waals surface area contributed by atoms with E-state index in [9.17, 15) is 4.79 Å². The molecule has 0 aromatic rings. The first-order chi connectivity index (χ1) is 8.08. The number of ether oxygens (including phenoxy) is 1. The molecule has 1 saturated heterocycles. The van der Waals surface area contributed by atoms with Gasteiger partial charge in [-0.2, -0.15) is 0 Å². The fourth-order valence-electron chi connectivity index (χ4n) is 2.17. The lowest BCUT2D eigenvalue weighted by Crippen LogP contribution is -2.36. The Hall–Kier alpha value is -0.610. The third-order valence-electron chi connectivity index (χ3n) is 3.17. The van der Waals surface area contributed by atoms with Gasteiger partial charge in [0.15, 0.2) is 0 Å². The van der Waals surface area contributed by atoms with Gasteiger partial charge >= 0.3 is 5.97 Å². The predicted molar refractivity (Wildman–Crippen MR) is 67.1 cm³/mol. The van der Waals surface area contributed by atoms with Crippen molar-refractivity contribution >= 4 is 5.97 Å². The molecule has 0 aliphatic carbocycles. The second-order valence-corrected chi connectivity index (χ2v) is 5.35. The zero-order valence-electron chi connectivity index (χ0n) is 11.0. The molecule has 0 bridgehead atoms. The van der Waals surface area contributed by atoms with Gasteiger partial charge in [-0.15, -0.1) is 0 Å². The van der Waals surface area contributed by atoms with Crippen LogP contribution in [-0.2, 0) is 9.53 Å². The van der Waals surface area contributed by atoms with Crippen LogP contribution >= 0.6 is 0 Å². The molecule has 0 unspecified atom stereocenters. The summed E-state index contributed by atoms with van der Waals surface area (Å²) in [4.78, 5) is 13.0. The van der Waals surface area contributed by atoms with Crippen molar-refractivity contribution < 1.29 is 14.6 Å². The Morgan fingerprint density at radius 2 is 2.06 bits per heavy atom. The number of nitrogens with zero attached hydrogens (tertiary/aromatic N) is 1. The summed E-state index contributed by atoms with van der Waals surface area (Å²) in [6.45, 7) is 8.94. The zero-order valence-corrected chi connectivity index (χ0v) is 11.0. The number of carbonyl (C=O) groups is 1. The summed E-state index contributed by atoms with van der Waals surface area (Å²) in [7, 11) is 0. The number of hydrogen-bond acceptors (Lipinski definition) is 3. The molecule has 1 aliphatic heterocycles. The molecule has 0 aromatic carbocycles. The lowest BCUT2D eigenvalue weighted by atomic mass is 9.94. The van der Waals surface area contributed by atoms with Gasteiger partial charge in [0.2, 0.25) is 0 Å². The van der Waals surface area contributed by atoms with E-state index in [1.807, 2.05) is 0 Å². The molecular weight excluding hydrogens is 218 g/mol. The number of carboxylic acids is 1. The zero-order chi connectivity index (χ0) is 12.7. The van der Waals surface area contributed by atoms with Crippen LogP contribution in [0.4, 0.5) is 0 Å². The van der Waals surface area contributed by atoms with E-state index in [4.69, 9.17) is 9.84 Å². The topological polar surface area (TPSA) is 49.8 Å². The highest BCUT2D eigenvalue weighted by atomic mass is 16.5. The van der Waals surface area contributed by atoms with Crippen LogP contribution in [0.25, 0.3) is 0 Å². The van der Waals surface area contributed by atoms with E-state index in [0.717, 1.165) is 45.7 Å². The summed E-state index contributed by atoms with van der Waals surface area (Å²) < 4.78 is 5.55. The molecule has 1 rings (SSSR count). The molecular formula is C13H25NO3. The normalized spacial score (nSPS) is 18.8. The SMILES string of the molecule is CC(C)COCCN1CCC(CC(=O)O)CC1. The molecule has 1 fully saturated rings. The van der Waals surface area contributed by atoms with E-state index in [-0.39, 0.29) is 0 Å². The van der Waals surface area contributed by atoms with Crippen LogP contribution < -0.4 is 0 Å². The number of rotatable bonds is 7. The van der Waals surface area contributed by atoms with Gasteiger partial charge in [-0.05, 0) is 37.8 Å². The summed E-state index contributed by atoms with van der Waals surface area (Å²) in [5.74, 6) is 0.306. The summed E-state index contributed by atoms with van der Waals surface area (Å²) >= 11 is 0. The number of aliphatic carboxylic acids is 1. The van der Waals surface area contributed by atoms with E-state index in [1.54, 1.807) is 0 Å². The minimum Gasteiger partial charge on any atom is -0.481 e. The minimum atomic E-state index is -0.663. The molecule has 0 saturated carbocycles. The monoisotopic (exact) mass is 243 g/mol. The molecule has 17 heavy (non-hydrogen) atoms. The van der Waals surface area contributed by atoms with E-state index in [1.165, 1.54) is 0 Å². The van der Waals surface area contributed by atoms with Crippen molar-refractivity contribution in [2.24, 2.45) is 11.8 Å². The average Bonchev–Trinajstić information content (AvgIpc) is 2.25. The molecule has 1 heterocycles. The molecule has 4 nitrogen and oxygen atoms in total. The van der Waals surface area contributed by atoms with Gasteiger partial charge in [-0.3, -0.25) is 4.79 Å². The van der Waals surface area contributed by atoms with Gasteiger partial charge in [0.25, 0.3) is 0 Å². The van der Waals surface area contributed by atoms with Crippen molar-refractivity contribution in [3.8, 4) is 0 Å². The van der Waals surface area contributed by atoms with Gasteiger partial charge in [-0.25, -0.2) is 0 Å². The van der Waals surface area contributed by atoms with Crippen molar-refractivity contribution in [2.45, 2.75) is 33.1 Å². The van der Waals surface area contributed by atoms with Gasteiger partial charge in [0.1, 0.15) is 0 Å². The maximum Gasteiger partial charge on any atom is 0.303 e. The lowest BCUT2D eigenvalue weighted by molar-refractivity contribution is -0.138. The Morgan fingerprint density at radius 1 is 1.41 bits per heavy atom. The van der Waals surface area contributed by atoms with Crippen LogP contribution in [0.15, 0.2) is 0 Å². The molecule has 0 atom stereocenters. The predicted octanol–water partition coefficient (Wildman–Crippen LogP) is 1.85. The summed E-state index contributed by atoms with van der Waals surface area (Å²) in [5, 5.41) is 8.72. The molecule has 0 radical (unpaired) electrons. The van der Waals surface area contributed by atoms with Gasteiger partial charge < -0.3 is 14.7 Å². The molecule has 4 heteroatoms. The fourth-order valence-corrected chi connectivity index (χ4v) is 2.17. The van der Waals surface area contributed by atoms with Gasteiger partial charge in [0.05, 0.1) is 6.61 Å². The van der Waals surface area contributed by atoms with E-state index >= 15 is 0 Å². The minimum absolute atomic E-state index is 0.331. The summed E-state index contributed by atoms with van der Waals surface area (Å²) in [6.07, 6.45) is 2.35. The van der Waals surface area contributed by atoms with Crippen LogP contribution in [-0.4, -0.2) is 48.8 Å². The van der Waals surface area contributed by atoms with Gasteiger partial charge in [-0.1, -0.05) is 13.8 Å². The third kappa shape index (κ3) is 6.64. The first-order valence-electron chi connectivity index (χ1n) is 6.60. The van der Waals surface area contributed by atoms with E-state index in [2.05, 4.69) is 18.7 Å². The fraction of sp³-hybridized carbons (Fsp3) is 0.923. The Labute approximate surface area is 104 Å². The molecule has 0 aromatic heterocycles. The first kappa shape index (κ1) is 14.5. The number of piperidine rings is 1. The van der Waals surface area contributed by atoms with Crippen LogP contribution in [0.2, 0.25) is 0 Å². The Bertz CT molecular complexity index is 223. The molecule has 1 aliphatic rings. The van der Waals surface area contributed by atoms with E-state index < -0.39 is 5.97 Å². The van der Waals surface area contributed by atoms with Crippen molar-refractivity contribution in [3.63, 3.8) is 0 Å². The Balaban J connectivity index is 2.05. The first-order valence-corrected chi connectivity index (χ1v) is 6.60. The summed E-state index contributed by atoms with van der Waals surface area (Å²) in [6, 6.07) is 0. The maximum atomic E-state index is 10.6. The second kappa shape index (κ2) is 7.67. The highest BCUT2D eigenvalue weighted by Gasteiger charge is 2.20. The van der Waals surface area contributed by atoms with Crippen LogP contribution in [0.5, 0.6) is 0 Å².